The number of primary amides is 1. The zero-order valence-corrected chi connectivity index (χ0v) is 11.6. The van der Waals surface area contributed by atoms with Crippen LogP contribution in [0.2, 0.25) is 5.02 Å². The molecule has 0 heterocycles. The summed E-state index contributed by atoms with van der Waals surface area (Å²) in [5.41, 5.74) is 6.64. The second-order valence-electron chi connectivity index (χ2n) is 4.55. The fourth-order valence-electron chi connectivity index (χ4n) is 1.50. The highest BCUT2D eigenvalue weighted by Gasteiger charge is 2.13. The molecular formula is C13H18ClN3O. The van der Waals surface area contributed by atoms with Gasteiger partial charge in [0.25, 0.3) is 0 Å². The first-order valence-electron chi connectivity index (χ1n) is 5.66. The van der Waals surface area contributed by atoms with Gasteiger partial charge in [0.15, 0.2) is 0 Å². The van der Waals surface area contributed by atoms with E-state index in [1.807, 2.05) is 25.9 Å². The molecule has 1 aromatic carbocycles. The summed E-state index contributed by atoms with van der Waals surface area (Å²) in [6.45, 7) is 2.04. The Bertz CT molecular complexity index is 471. The van der Waals surface area contributed by atoms with Crippen molar-refractivity contribution in [2.24, 2.45) is 5.73 Å². The van der Waals surface area contributed by atoms with Crippen LogP contribution in [0.1, 0.15) is 29.3 Å². The van der Waals surface area contributed by atoms with Gasteiger partial charge in [-0.05, 0) is 38.7 Å². The molecule has 0 aliphatic heterocycles. The van der Waals surface area contributed by atoms with Crippen LogP contribution in [-0.4, -0.2) is 36.7 Å². The molecule has 1 rings (SSSR count). The molecule has 0 saturated heterocycles. The van der Waals surface area contributed by atoms with Gasteiger partial charge in [-0.15, -0.1) is 0 Å². The molecule has 0 spiro atoms. The monoisotopic (exact) mass is 267 g/mol. The van der Waals surface area contributed by atoms with Gasteiger partial charge in [0, 0.05) is 18.2 Å². The number of carbonyl (C=O) groups is 1. The van der Waals surface area contributed by atoms with Gasteiger partial charge in [0.05, 0.1) is 10.6 Å². The predicted octanol–water partition coefficient (Wildman–Crippen LogP) is 2.15. The van der Waals surface area contributed by atoms with Crippen LogP contribution >= 0.6 is 11.6 Å². The lowest BCUT2D eigenvalue weighted by molar-refractivity contribution is 0.100. The molecule has 98 valence electrons. The number of carbonyl (C=O) groups excluding carboxylic acids is 1. The van der Waals surface area contributed by atoms with Crippen LogP contribution in [0.15, 0.2) is 18.2 Å². The lowest BCUT2D eigenvalue weighted by Crippen LogP contribution is -2.27. The van der Waals surface area contributed by atoms with E-state index in [4.69, 9.17) is 22.7 Å². The van der Waals surface area contributed by atoms with E-state index in [9.17, 15) is 4.79 Å². The van der Waals surface area contributed by atoms with E-state index >= 15 is 0 Å². The number of nitrogens with two attached hydrogens (primary N) is 1. The second-order valence-corrected chi connectivity index (χ2v) is 4.96. The Hall–Kier alpha value is -1.39. The highest BCUT2D eigenvalue weighted by Crippen LogP contribution is 2.18. The molecular weight excluding hydrogens is 250 g/mol. The van der Waals surface area contributed by atoms with Crippen molar-refractivity contribution in [3.8, 4) is 0 Å². The average Bonchev–Trinajstić information content (AvgIpc) is 2.28. The standard InChI is InChI=1S/C13H18ClN3O/c1-8(17(2)3)6-12(15)9-4-5-11(14)10(7-9)13(16)18/h4-5,7-8,15H,6H2,1-3H3,(H2,16,18)/t8-/m1/s1. The van der Waals surface area contributed by atoms with Gasteiger partial charge < -0.3 is 16.0 Å². The molecule has 18 heavy (non-hydrogen) atoms. The van der Waals surface area contributed by atoms with Crippen LogP contribution in [0.25, 0.3) is 0 Å². The van der Waals surface area contributed by atoms with Crippen LogP contribution in [0.4, 0.5) is 0 Å². The molecule has 3 N–H and O–H groups in total. The first-order valence-corrected chi connectivity index (χ1v) is 6.04. The second kappa shape index (κ2) is 5.98. The molecule has 0 saturated carbocycles. The summed E-state index contributed by atoms with van der Waals surface area (Å²) in [5, 5.41) is 8.36. The number of nitrogens with zero attached hydrogens (tertiary/aromatic N) is 1. The van der Waals surface area contributed by atoms with Crippen LogP contribution in [0, 0.1) is 5.41 Å². The first-order chi connectivity index (χ1) is 8.32. The Kier molecular flexibility index (Phi) is 4.87. The minimum Gasteiger partial charge on any atom is -0.366 e. The Balaban J connectivity index is 2.94. The maximum Gasteiger partial charge on any atom is 0.250 e. The molecule has 0 bridgehead atoms. The van der Waals surface area contributed by atoms with Crippen LogP contribution in [0.3, 0.4) is 0 Å². The van der Waals surface area contributed by atoms with E-state index < -0.39 is 5.91 Å². The highest BCUT2D eigenvalue weighted by atomic mass is 35.5. The Labute approximate surface area is 112 Å². The van der Waals surface area contributed by atoms with Gasteiger partial charge in [-0.25, -0.2) is 0 Å². The van der Waals surface area contributed by atoms with Crippen molar-refractivity contribution in [1.82, 2.24) is 4.90 Å². The number of benzene rings is 1. The van der Waals surface area contributed by atoms with Crippen molar-refractivity contribution >= 4 is 23.2 Å². The van der Waals surface area contributed by atoms with Gasteiger partial charge >= 0.3 is 0 Å². The summed E-state index contributed by atoms with van der Waals surface area (Å²) >= 11 is 5.87. The summed E-state index contributed by atoms with van der Waals surface area (Å²) < 4.78 is 0. The number of amides is 1. The summed E-state index contributed by atoms with van der Waals surface area (Å²) in [6.07, 6.45) is 0.604. The van der Waals surface area contributed by atoms with Crippen molar-refractivity contribution in [2.45, 2.75) is 19.4 Å². The minimum absolute atomic E-state index is 0.255. The Morgan fingerprint density at radius 2 is 2.11 bits per heavy atom. The predicted molar refractivity (Wildman–Crippen MR) is 74.6 cm³/mol. The van der Waals surface area contributed by atoms with Crippen molar-refractivity contribution in [3.63, 3.8) is 0 Å². The first kappa shape index (κ1) is 14.7. The maximum absolute atomic E-state index is 11.2. The van der Waals surface area contributed by atoms with Crippen LogP contribution in [0.5, 0.6) is 0 Å². The fraction of sp³-hybridized carbons (Fsp3) is 0.385. The zero-order chi connectivity index (χ0) is 13.9. The van der Waals surface area contributed by atoms with E-state index in [1.54, 1.807) is 18.2 Å². The Morgan fingerprint density at radius 3 is 2.61 bits per heavy atom. The molecule has 0 radical (unpaired) electrons. The molecule has 0 aromatic heterocycles. The van der Waals surface area contributed by atoms with Gasteiger partial charge in [-0.1, -0.05) is 17.7 Å². The third-order valence-corrected chi connectivity index (χ3v) is 3.29. The normalized spacial score (nSPS) is 12.5. The fourth-order valence-corrected chi connectivity index (χ4v) is 1.71. The molecule has 0 unspecified atom stereocenters. The largest absolute Gasteiger partial charge is 0.366 e. The Morgan fingerprint density at radius 1 is 1.50 bits per heavy atom. The number of halogens is 1. The third-order valence-electron chi connectivity index (χ3n) is 2.96. The summed E-state index contributed by atoms with van der Waals surface area (Å²) in [4.78, 5) is 13.2. The summed E-state index contributed by atoms with van der Waals surface area (Å²) in [7, 11) is 3.93. The highest BCUT2D eigenvalue weighted by molar-refractivity contribution is 6.34. The molecule has 0 fully saturated rings. The van der Waals surface area contributed by atoms with Gasteiger partial charge in [-0.3, -0.25) is 4.79 Å². The zero-order valence-electron chi connectivity index (χ0n) is 10.8. The molecule has 5 heteroatoms. The van der Waals surface area contributed by atoms with E-state index in [2.05, 4.69) is 0 Å². The van der Waals surface area contributed by atoms with E-state index in [0.29, 0.717) is 22.7 Å². The number of rotatable bonds is 5. The molecule has 0 aliphatic carbocycles. The van der Waals surface area contributed by atoms with E-state index in [1.165, 1.54) is 0 Å². The van der Waals surface area contributed by atoms with Crippen molar-refractivity contribution in [3.05, 3.63) is 34.3 Å². The topological polar surface area (TPSA) is 70.2 Å². The van der Waals surface area contributed by atoms with Crippen molar-refractivity contribution < 1.29 is 4.79 Å². The molecule has 0 aliphatic rings. The smallest absolute Gasteiger partial charge is 0.250 e. The number of hydrogen-bond acceptors (Lipinski definition) is 3. The molecule has 1 aromatic rings. The molecule has 4 nitrogen and oxygen atoms in total. The lowest BCUT2D eigenvalue weighted by Gasteiger charge is -2.20. The SMILES string of the molecule is C[C@H](CC(=N)c1ccc(Cl)c(C(N)=O)c1)N(C)C. The van der Waals surface area contributed by atoms with Crippen molar-refractivity contribution in [2.75, 3.05) is 14.1 Å². The number of nitrogens with one attached hydrogen (secondary N) is 1. The quantitative estimate of drug-likeness (QED) is 0.803. The average molecular weight is 268 g/mol. The lowest BCUT2D eigenvalue weighted by atomic mass is 10.0. The number of hydrogen-bond donors (Lipinski definition) is 2. The maximum atomic E-state index is 11.2. The van der Waals surface area contributed by atoms with E-state index in [0.717, 1.165) is 0 Å². The van der Waals surface area contributed by atoms with Gasteiger partial charge in [-0.2, -0.15) is 0 Å². The van der Waals surface area contributed by atoms with Crippen LogP contribution in [-0.2, 0) is 0 Å². The minimum atomic E-state index is -0.574. The van der Waals surface area contributed by atoms with E-state index in [-0.39, 0.29) is 11.6 Å². The summed E-state index contributed by atoms with van der Waals surface area (Å²) in [6, 6.07) is 5.17. The van der Waals surface area contributed by atoms with Crippen molar-refractivity contribution in [1.29, 1.82) is 5.41 Å². The molecule has 1 amide bonds. The molecule has 1 atom stereocenters. The van der Waals surface area contributed by atoms with Crippen LogP contribution < -0.4 is 5.73 Å². The summed E-state index contributed by atoms with van der Waals surface area (Å²) in [5.74, 6) is -0.574. The van der Waals surface area contributed by atoms with Gasteiger partial charge in [0.1, 0.15) is 0 Å². The van der Waals surface area contributed by atoms with Gasteiger partial charge in [0.2, 0.25) is 5.91 Å². The third kappa shape index (κ3) is 3.55.